The number of fused-ring (bicyclic) bond motifs is 1. The molecule has 12 heteroatoms. The Hall–Kier alpha value is -4.09. The number of hydrogen-bond donors (Lipinski definition) is 3. The minimum absolute atomic E-state index is 0.229. The molecule has 3 amide bonds. The van der Waals surface area contributed by atoms with Crippen LogP contribution in [0.2, 0.25) is 0 Å². The van der Waals surface area contributed by atoms with Gasteiger partial charge in [-0.25, -0.2) is 4.98 Å². The summed E-state index contributed by atoms with van der Waals surface area (Å²) in [4.78, 5) is 79.5. The van der Waals surface area contributed by atoms with E-state index >= 15 is 0 Å². The van der Waals surface area contributed by atoms with Gasteiger partial charge in [-0.3, -0.25) is 28.4 Å². The second kappa shape index (κ2) is 11.1. The van der Waals surface area contributed by atoms with Gasteiger partial charge in [-0.15, -0.1) is 0 Å². The van der Waals surface area contributed by atoms with Crippen LogP contribution in [0.4, 0.5) is 0 Å². The van der Waals surface area contributed by atoms with Crippen molar-refractivity contribution in [3.63, 3.8) is 0 Å². The van der Waals surface area contributed by atoms with Crippen LogP contribution in [-0.2, 0) is 19.2 Å². The van der Waals surface area contributed by atoms with Crippen molar-refractivity contribution in [2.45, 2.75) is 58.2 Å². The normalized spacial score (nSPS) is 17.0. The van der Waals surface area contributed by atoms with Gasteiger partial charge < -0.3 is 25.4 Å². The molecule has 3 unspecified atom stereocenters. The molecule has 0 aliphatic carbocycles. The van der Waals surface area contributed by atoms with Crippen molar-refractivity contribution in [3.8, 4) is 0 Å². The first-order valence-corrected chi connectivity index (χ1v) is 11.6. The first-order valence-electron chi connectivity index (χ1n) is 11.6. The predicted molar refractivity (Wildman–Crippen MR) is 127 cm³/mol. The molecule has 0 aromatic carbocycles. The van der Waals surface area contributed by atoms with Gasteiger partial charge in [-0.2, -0.15) is 0 Å². The number of nitrogens with one attached hydrogen (secondary N) is 2. The van der Waals surface area contributed by atoms with Gasteiger partial charge in [-0.05, 0) is 43.4 Å². The van der Waals surface area contributed by atoms with Gasteiger partial charge in [0.1, 0.15) is 29.6 Å². The number of hydrogen-bond acceptors (Lipinski definition) is 7. The number of aryl methyl sites for hydroxylation is 1. The standard InChI is InChI=1S/C24H29N5O7/c1-13(2)20(27-21(33)16-11-25-18-9-14(3)6-8-29(18)23(16)35)24(36)28-7-4-5-17(28)22(34)26-15(12-30)10-19(31)32/h6,8-9,11-13,15,17,20H,4-5,7,10H2,1-3H3,(H,26,34)(H,27,33)(H,31,32). The molecule has 2 aromatic rings. The number of carboxylic acids is 1. The number of carboxylic acid groups (broad SMARTS) is 1. The van der Waals surface area contributed by atoms with Crippen molar-refractivity contribution in [2.75, 3.05) is 6.54 Å². The molecule has 0 spiro atoms. The molecular weight excluding hydrogens is 470 g/mol. The molecular formula is C24H29N5O7. The smallest absolute Gasteiger partial charge is 0.305 e. The number of likely N-dealkylation sites (tertiary alicyclic amines) is 1. The monoisotopic (exact) mass is 499 g/mol. The average molecular weight is 500 g/mol. The van der Waals surface area contributed by atoms with Gasteiger partial charge in [0.2, 0.25) is 11.8 Å². The van der Waals surface area contributed by atoms with Crippen molar-refractivity contribution in [1.82, 2.24) is 24.9 Å². The second-order valence-corrected chi connectivity index (χ2v) is 9.14. The maximum absolute atomic E-state index is 13.4. The number of aromatic nitrogens is 2. The lowest BCUT2D eigenvalue weighted by Crippen LogP contribution is -2.56. The molecule has 1 aliphatic rings. The lowest BCUT2D eigenvalue weighted by molar-refractivity contribution is -0.142. The van der Waals surface area contributed by atoms with Crippen LogP contribution < -0.4 is 16.2 Å². The molecule has 3 heterocycles. The van der Waals surface area contributed by atoms with Crippen LogP contribution in [-0.4, -0.2) is 74.0 Å². The average Bonchev–Trinajstić information content (AvgIpc) is 3.31. The fourth-order valence-electron chi connectivity index (χ4n) is 4.15. The Labute approximate surface area is 206 Å². The minimum Gasteiger partial charge on any atom is -0.481 e. The van der Waals surface area contributed by atoms with E-state index < -0.39 is 53.8 Å². The maximum atomic E-state index is 13.4. The Balaban J connectivity index is 1.78. The zero-order valence-corrected chi connectivity index (χ0v) is 20.3. The van der Waals surface area contributed by atoms with Gasteiger partial charge in [-0.1, -0.05) is 13.8 Å². The molecule has 3 rings (SSSR count). The molecule has 3 N–H and O–H groups in total. The van der Waals surface area contributed by atoms with Crippen LogP contribution in [0.1, 0.15) is 49.0 Å². The number of aldehydes is 1. The number of amides is 3. The maximum Gasteiger partial charge on any atom is 0.305 e. The summed E-state index contributed by atoms with van der Waals surface area (Å²) in [5.74, 6) is -3.54. The number of aliphatic carboxylic acids is 1. The number of rotatable bonds is 9. The Morgan fingerprint density at radius 3 is 2.61 bits per heavy atom. The largest absolute Gasteiger partial charge is 0.481 e. The van der Waals surface area contributed by atoms with E-state index in [1.165, 1.54) is 21.7 Å². The summed E-state index contributed by atoms with van der Waals surface area (Å²) in [5, 5.41) is 13.9. The SMILES string of the molecule is Cc1ccn2c(=O)c(C(=O)NC(C(=O)N3CCCC3C(=O)NC(C=O)CC(=O)O)C(C)C)cnc2c1. The van der Waals surface area contributed by atoms with Crippen LogP contribution in [0.3, 0.4) is 0 Å². The fourth-order valence-corrected chi connectivity index (χ4v) is 4.15. The molecule has 192 valence electrons. The van der Waals surface area contributed by atoms with Crippen LogP contribution in [0.15, 0.2) is 29.3 Å². The number of carbonyl (C=O) groups is 5. The van der Waals surface area contributed by atoms with E-state index in [1.807, 2.05) is 6.92 Å². The van der Waals surface area contributed by atoms with Crippen LogP contribution in [0, 0.1) is 12.8 Å². The van der Waals surface area contributed by atoms with Gasteiger partial charge >= 0.3 is 5.97 Å². The lowest BCUT2D eigenvalue weighted by atomic mass is 10.0. The van der Waals surface area contributed by atoms with Crippen LogP contribution in [0.5, 0.6) is 0 Å². The lowest BCUT2D eigenvalue weighted by Gasteiger charge is -2.30. The summed E-state index contributed by atoms with van der Waals surface area (Å²) in [6.45, 7) is 5.54. The molecule has 36 heavy (non-hydrogen) atoms. The third kappa shape index (κ3) is 5.75. The molecule has 2 aromatic heterocycles. The molecule has 0 saturated carbocycles. The van der Waals surface area contributed by atoms with Gasteiger partial charge in [0.25, 0.3) is 11.5 Å². The van der Waals surface area contributed by atoms with E-state index in [-0.39, 0.29) is 18.0 Å². The van der Waals surface area contributed by atoms with Crippen molar-refractivity contribution in [1.29, 1.82) is 0 Å². The molecule has 3 atom stereocenters. The molecule has 1 saturated heterocycles. The third-order valence-electron chi connectivity index (χ3n) is 6.05. The quantitative estimate of drug-likeness (QED) is 0.402. The highest BCUT2D eigenvalue weighted by Gasteiger charge is 2.39. The predicted octanol–water partition coefficient (Wildman–Crippen LogP) is -0.0933. The molecule has 1 aliphatic heterocycles. The van der Waals surface area contributed by atoms with Crippen molar-refractivity contribution in [2.24, 2.45) is 5.92 Å². The number of nitrogens with zero attached hydrogens (tertiary/aromatic N) is 3. The van der Waals surface area contributed by atoms with E-state index in [1.54, 1.807) is 26.0 Å². The van der Waals surface area contributed by atoms with Crippen molar-refractivity contribution < 1.29 is 29.1 Å². The topological polar surface area (TPSA) is 167 Å². The summed E-state index contributed by atoms with van der Waals surface area (Å²) < 4.78 is 1.25. The number of carbonyl (C=O) groups excluding carboxylic acids is 4. The zero-order valence-electron chi connectivity index (χ0n) is 20.3. The summed E-state index contributed by atoms with van der Waals surface area (Å²) in [6, 6.07) is 0.245. The molecule has 0 radical (unpaired) electrons. The van der Waals surface area contributed by atoms with Gasteiger partial charge in [0.05, 0.1) is 12.5 Å². The van der Waals surface area contributed by atoms with E-state index in [2.05, 4.69) is 15.6 Å². The van der Waals surface area contributed by atoms with E-state index in [0.29, 0.717) is 24.8 Å². The van der Waals surface area contributed by atoms with Gasteiger partial charge in [0.15, 0.2) is 0 Å². The summed E-state index contributed by atoms with van der Waals surface area (Å²) in [7, 11) is 0. The van der Waals surface area contributed by atoms with E-state index in [0.717, 1.165) is 5.56 Å². The first kappa shape index (κ1) is 26.5. The molecule has 0 bridgehead atoms. The Kier molecular flexibility index (Phi) is 8.18. The van der Waals surface area contributed by atoms with E-state index in [9.17, 15) is 28.8 Å². The Morgan fingerprint density at radius 2 is 1.97 bits per heavy atom. The number of pyridine rings is 1. The summed E-state index contributed by atoms with van der Waals surface area (Å²) in [6.07, 6.45) is 3.29. The molecule has 12 nitrogen and oxygen atoms in total. The summed E-state index contributed by atoms with van der Waals surface area (Å²) >= 11 is 0. The molecule has 1 fully saturated rings. The second-order valence-electron chi connectivity index (χ2n) is 9.14. The van der Waals surface area contributed by atoms with Crippen molar-refractivity contribution in [3.05, 3.63) is 46.0 Å². The minimum atomic E-state index is -1.25. The highest BCUT2D eigenvalue weighted by atomic mass is 16.4. The Morgan fingerprint density at radius 1 is 1.25 bits per heavy atom. The van der Waals surface area contributed by atoms with Crippen LogP contribution in [0.25, 0.3) is 5.65 Å². The first-order chi connectivity index (χ1) is 17.0. The zero-order chi connectivity index (χ0) is 26.6. The van der Waals surface area contributed by atoms with Crippen LogP contribution >= 0.6 is 0 Å². The highest BCUT2D eigenvalue weighted by molar-refractivity contribution is 5.98. The Bertz CT molecular complexity index is 1260. The van der Waals surface area contributed by atoms with E-state index in [4.69, 9.17) is 5.11 Å². The third-order valence-corrected chi connectivity index (χ3v) is 6.05. The fraction of sp³-hybridized carbons (Fsp3) is 0.458. The highest BCUT2D eigenvalue weighted by Crippen LogP contribution is 2.21. The van der Waals surface area contributed by atoms with Gasteiger partial charge in [0, 0.05) is 18.9 Å². The summed E-state index contributed by atoms with van der Waals surface area (Å²) in [5.41, 5.74) is 0.476. The van der Waals surface area contributed by atoms with Crippen molar-refractivity contribution >= 4 is 35.6 Å².